The van der Waals surface area contributed by atoms with Gasteiger partial charge >= 0.3 is 0 Å². The van der Waals surface area contributed by atoms with Crippen LogP contribution in [0.15, 0.2) is 59.5 Å². The van der Waals surface area contributed by atoms with Gasteiger partial charge in [0.15, 0.2) is 0 Å². The summed E-state index contributed by atoms with van der Waals surface area (Å²) in [6.07, 6.45) is 0.712. The fourth-order valence-electron chi connectivity index (χ4n) is 3.38. The summed E-state index contributed by atoms with van der Waals surface area (Å²) in [5.41, 5.74) is 0.999. The fourth-order valence-corrected chi connectivity index (χ4v) is 5.11. The molecule has 1 heterocycles. The van der Waals surface area contributed by atoms with Gasteiger partial charge in [-0.15, -0.1) is 0 Å². The molecule has 5 nitrogen and oxygen atoms in total. The van der Waals surface area contributed by atoms with Gasteiger partial charge in [0, 0.05) is 31.2 Å². The molecular formula is C20H23ClN2O3S. The number of nitrogens with zero attached hydrogens (tertiary/aromatic N) is 2. The smallest absolute Gasteiger partial charge is 0.243 e. The van der Waals surface area contributed by atoms with Gasteiger partial charge in [-0.05, 0) is 30.2 Å². The molecule has 2 aromatic carbocycles. The third-order valence-corrected chi connectivity index (χ3v) is 7.02. The van der Waals surface area contributed by atoms with E-state index in [0.29, 0.717) is 24.5 Å². The molecule has 0 aromatic heterocycles. The van der Waals surface area contributed by atoms with Crippen molar-refractivity contribution in [3.8, 4) is 0 Å². The molecule has 7 heteroatoms. The minimum atomic E-state index is -3.60. The highest BCUT2D eigenvalue weighted by Gasteiger charge is 2.32. The number of halogens is 1. The van der Waals surface area contributed by atoms with E-state index in [2.05, 4.69) is 0 Å². The fraction of sp³-hybridized carbons (Fsp3) is 0.350. The summed E-state index contributed by atoms with van der Waals surface area (Å²) in [4.78, 5) is 14.9. The molecule has 1 amide bonds. The molecule has 1 aliphatic heterocycles. The SMILES string of the molecule is CCC(C(=O)N1CCN(S(=O)(=O)c2cccc(Cl)c2)CC1)c1ccccc1. The van der Waals surface area contributed by atoms with Crippen molar-refractivity contribution in [1.82, 2.24) is 9.21 Å². The molecule has 0 bridgehead atoms. The molecule has 1 fully saturated rings. The van der Waals surface area contributed by atoms with E-state index in [0.717, 1.165) is 5.56 Å². The van der Waals surface area contributed by atoms with Gasteiger partial charge in [-0.3, -0.25) is 4.79 Å². The highest BCUT2D eigenvalue weighted by molar-refractivity contribution is 7.89. The van der Waals surface area contributed by atoms with Crippen LogP contribution in [0.4, 0.5) is 0 Å². The molecule has 0 N–H and O–H groups in total. The first kappa shape index (κ1) is 19.9. The normalized spacial score (nSPS) is 16.9. The molecule has 1 aliphatic rings. The quantitative estimate of drug-likeness (QED) is 0.764. The topological polar surface area (TPSA) is 57.7 Å². The second-order valence-electron chi connectivity index (χ2n) is 6.56. The van der Waals surface area contributed by atoms with Crippen molar-refractivity contribution in [3.63, 3.8) is 0 Å². The minimum absolute atomic E-state index is 0.0588. The molecule has 1 atom stereocenters. The average molecular weight is 407 g/mol. The number of carbonyl (C=O) groups excluding carboxylic acids is 1. The standard InChI is InChI=1S/C20H23ClN2O3S/c1-2-19(16-7-4-3-5-8-16)20(24)22-11-13-23(14-12-22)27(25,26)18-10-6-9-17(21)15-18/h3-10,15,19H,2,11-14H2,1H3. The lowest BCUT2D eigenvalue weighted by Crippen LogP contribution is -2.51. The second-order valence-corrected chi connectivity index (χ2v) is 8.93. The van der Waals surface area contributed by atoms with E-state index in [1.165, 1.54) is 10.4 Å². The maximum atomic E-state index is 12.9. The molecule has 144 valence electrons. The third-order valence-electron chi connectivity index (χ3n) is 4.89. The maximum Gasteiger partial charge on any atom is 0.243 e. The molecule has 0 radical (unpaired) electrons. The zero-order valence-electron chi connectivity index (χ0n) is 15.2. The number of benzene rings is 2. The van der Waals surface area contributed by atoms with E-state index in [-0.39, 0.29) is 29.8 Å². The minimum Gasteiger partial charge on any atom is -0.340 e. The van der Waals surface area contributed by atoms with E-state index in [9.17, 15) is 13.2 Å². The van der Waals surface area contributed by atoms with Crippen LogP contribution in [-0.4, -0.2) is 49.7 Å². The predicted octanol–water partition coefficient (Wildman–Crippen LogP) is 3.37. The van der Waals surface area contributed by atoms with Crippen LogP contribution >= 0.6 is 11.6 Å². The molecule has 27 heavy (non-hydrogen) atoms. The Balaban J connectivity index is 1.69. The van der Waals surface area contributed by atoms with Crippen molar-refractivity contribution >= 4 is 27.5 Å². The first-order chi connectivity index (χ1) is 12.9. The molecule has 0 spiro atoms. The van der Waals surface area contributed by atoms with Crippen molar-refractivity contribution in [1.29, 1.82) is 0 Å². The van der Waals surface area contributed by atoms with Gasteiger partial charge in [0.2, 0.25) is 15.9 Å². The lowest BCUT2D eigenvalue weighted by molar-refractivity contribution is -0.134. The Labute approximate surface area is 165 Å². The average Bonchev–Trinajstić information content (AvgIpc) is 2.69. The highest BCUT2D eigenvalue weighted by Crippen LogP contribution is 2.25. The van der Waals surface area contributed by atoms with Crippen LogP contribution in [0.25, 0.3) is 0 Å². The summed E-state index contributed by atoms with van der Waals surface area (Å²) in [6, 6.07) is 16.0. The highest BCUT2D eigenvalue weighted by atomic mass is 35.5. The van der Waals surface area contributed by atoms with E-state index in [1.807, 2.05) is 37.3 Å². The van der Waals surface area contributed by atoms with Crippen LogP contribution in [0.1, 0.15) is 24.8 Å². The van der Waals surface area contributed by atoms with E-state index in [4.69, 9.17) is 11.6 Å². The van der Waals surface area contributed by atoms with Crippen molar-refractivity contribution in [2.45, 2.75) is 24.2 Å². The van der Waals surface area contributed by atoms with Crippen molar-refractivity contribution in [2.75, 3.05) is 26.2 Å². The lowest BCUT2D eigenvalue weighted by atomic mass is 9.95. The Morgan fingerprint density at radius 1 is 1.04 bits per heavy atom. The lowest BCUT2D eigenvalue weighted by Gasteiger charge is -2.35. The van der Waals surface area contributed by atoms with Crippen molar-refractivity contribution in [3.05, 3.63) is 65.2 Å². The molecule has 3 rings (SSSR count). The maximum absolute atomic E-state index is 12.9. The summed E-state index contributed by atoms with van der Waals surface area (Å²) in [7, 11) is -3.60. The summed E-state index contributed by atoms with van der Waals surface area (Å²) in [5, 5.41) is 0.388. The Morgan fingerprint density at radius 3 is 2.30 bits per heavy atom. The van der Waals surface area contributed by atoms with Gasteiger partial charge in [0.1, 0.15) is 0 Å². The first-order valence-corrected chi connectivity index (χ1v) is 10.8. The first-order valence-electron chi connectivity index (χ1n) is 9.03. The molecular weight excluding hydrogens is 384 g/mol. The predicted molar refractivity (Wildman–Crippen MR) is 106 cm³/mol. The number of carbonyl (C=O) groups is 1. The van der Waals surface area contributed by atoms with Crippen LogP contribution in [0, 0.1) is 0 Å². The van der Waals surface area contributed by atoms with Gasteiger partial charge < -0.3 is 4.90 Å². The molecule has 0 aliphatic carbocycles. The van der Waals surface area contributed by atoms with Crippen molar-refractivity contribution < 1.29 is 13.2 Å². The van der Waals surface area contributed by atoms with E-state index in [1.54, 1.807) is 23.1 Å². The van der Waals surface area contributed by atoms with Crippen LogP contribution < -0.4 is 0 Å². The monoisotopic (exact) mass is 406 g/mol. The van der Waals surface area contributed by atoms with Gasteiger partial charge in [-0.2, -0.15) is 4.31 Å². The summed E-state index contributed by atoms with van der Waals surface area (Å²) in [5.74, 6) is -0.134. The molecule has 1 saturated heterocycles. The van der Waals surface area contributed by atoms with E-state index < -0.39 is 10.0 Å². The van der Waals surface area contributed by atoms with Gasteiger partial charge in [-0.25, -0.2) is 8.42 Å². The number of rotatable bonds is 5. The summed E-state index contributed by atoms with van der Waals surface area (Å²) < 4.78 is 27.0. The Morgan fingerprint density at radius 2 is 1.70 bits per heavy atom. The second kappa shape index (κ2) is 8.42. The number of hydrogen-bond donors (Lipinski definition) is 0. The van der Waals surface area contributed by atoms with Crippen LogP contribution in [0.3, 0.4) is 0 Å². The van der Waals surface area contributed by atoms with Gasteiger partial charge in [0.25, 0.3) is 0 Å². The number of piperazine rings is 1. The summed E-state index contributed by atoms with van der Waals surface area (Å²) >= 11 is 5.93. The third kappa shape index (κ3) is 4.34. The van der Waals surface area contributed by atoms with Gasteiger partial charge in [-0.1, -0.05) is 54.9 Å². The van der Waals surface area contributed by atoms with Crippen LogP contribution in [-0.2, 0) is 14.8 Å². The molecule has 1 unspecified atom stereocenters. The number of sulfonamides is 1. The zero-order valence-corrected chi connectivity index (χ0v) is 16.8. The number of hydrogen-bond acceptors (Lipinski definition) is 3. The molecule has 0 saturated carbocycles. The van der Waals surface area contributed by atoms with Crippen molar-refractivity contribution in [2.24, 2.45) is 0 Å². The largest absolute Gasteiger partial charge is 0.340 e. The Hall–Kier alpha value is -1.89. The van der Waals surface area contributed by atoms with E-state index >= 15 is 0 Å². The van der Waals surface area contributed by atoms with Gasteiger partial charge in [0.05, 0.1) is 10.8 Å². The zero-order chi connectivity index (χ0) is 19.4. The Bertz CT molecular complexity index is 894. The van der Waals surface area contributed by atoms with Crippen LogP contribution in [0.5, 0.6) is 0 Å². The number of amides is 1. The summed E-state index contributed by atoms with van der Waals surface area (Å²) in [6.45, 7) is 3.34. The van der Waals surface area contributed by atoms with Crippen LogP contribution in [0.2, 0.25) is 5.02 Å². The molecule has 2 aromatic rings. The Kier molecular flexibility index (Phi) is 6.19.